The summed E-state index contributed by atoms with van der Waals surface area (Å²) in [7, 11) is 1.65. The fourth-order valence-corrected chi connectivity index (χ4v) is 2.40. The minimum absolute atomic E-state index is 0.184. The van der Waals surface area contributed by atoms with Crippen LogP contribution in [0.3, 0.4) is 0 Å². The number of nitrogens with one attached hydrogen (secondary N) is 1. The van der Waals surface area contributed by atoms with Gasteiger partial charge in [-0.15, -0.1) is 0 Å². The van der Waals surface area contributed by atoms with Crippen molar-refractivity contribution in [2.24, 2.45) is 5.41 Å². The first kappa shape index (κ1) is 8.01. The molecule has 1 saturated carbocycles. The van der Waals surface area contributed by atoms with Crippen LogP contribution >= 0.6 is 0 Å². The van der Waals surface area contributed by atoms with Gasteiger partial charge in [0.05, 0.1) is 11.0 Å². The van der Waals surface area contributed by atoms with Gasteiger partial charge in [0.25, 0.3) is 0 Å². The van der Waals surface area contributed by atoms with E-state index in [0.717, 1.165) is 6.54 Å². The van der Waals surface area contributed by atoms with Crippen LogP contribution in [0.15, 0.2) is 0 Å². The molecule has 0 aromatic rings. The van der Waals surface area contributed by atoms with Crippen LogP contribution in [-0.4, -0.2) is 36.9 Å². The summed E-state index contributed by atoms with van der Waals surface area (Å²) in [6.07, 6.45) is 1.33. The smallest absolute Gasteiger partial charge is 0.311 e. The summed E-state index contributed by atoms with van der Waals surface area (Å²) >= 11 is 0. The van der Waals surface area contributed by atoms with Crippen LogP contribution in [0.1, 0.15) is 12.8 Å². The molecule has 0 aromatic heterocycles. The maximum absolute atomic E-state index is 10.9. The third kappa shape index (κ3) is 0.820. The highest BCUT2D eigenvalue weighted by Crippen LogP contribution is 2.52. The van der Waals surface area contributed by atoms with E-state index in [-0.39, 0.29) is 5.60 Å². The van der Waals surface area contributed by atoms with E-state index in [2.05, 4.69) is 5.32 Å². The van der Waals surface area contributed by atoms with E-state index in [0.29, 0.717) is 19.4 Å². The third-order valence-corrected chi connectivity index (χ3v) is 3.12. The molecule has 0 amide bonds. The van der Waals surface area contributed by atoms with Crippen molar-refractivity contribution in [3.8, 4) is 0 Å². The summed E-state index contributed by atoms with van der Waals surface area (Å²) in [6.45, 7) is 1.38. The SMILES string of the molecule is COC12CNCC(C(=O)O)(C1)C2. The molecule has 0 atom stereocenters. The van der Waals surface area contributed by atoms with Crippen molar-refractivity contribution in [3.63, 3.8) is 0 Å². The molecule has 2 N–H and O–H groups in total. The van der Waals surface area contributed by atoms with Gasteiger partial charge in [-0.2, -0.15) is 0 Å². The zero-order chi connectivity index (χ0) is 8.82. The number of hydrogen-bond donors (Lipinski definition) is 2. The summed E-state index contributed by atoms with van der Waals surface area (Å²) in [6, 6.07) is 0. The maximum Gasteiger partial charge on any atom is 0.311 e. The number of ether oxygens (including phenoxy) is 1. The lowest BCUT2D eigenvalue weighted by molar-refractivity contribution is -0.198. The molecule has 4 heteroatoms. The fraction of sp³-hybridized carbons (Fsp3) is 0.875. The number of carboxylic acid groups (broad SMARTS) is 1. The Morgan fingerprint density at radius 1 is 1.50 bits per heavy atom. The predicted molar refractivity (Wildman–Crippen MR) is 41.9 cm³/mol. The topological polar surface area (TPSA) is 58.6 Å². The third-order valence-electron chi connectivity index (χ3n) is 3.12. The highest BCUT2D eigenvalue weighted by molar-refractivity contribution is 5.77. The number of hydrogen-bond acceptors (Lipinski definition) is 3. The van der Waals surface area contributed by atoms with Crippen LogP contribution in [0.5, 0.6) is 0 Å². The Balaban J connectivity index is 2.13. The van der Waals surface area contributed by atoms with Gasteiger partial charge in [-0.1, -0.05) is 0 Å². The first-order valence-electron chi connectivity index (χ1n) is 4.12. The van der Waals surface area contributed by atoms with Crippen molar-refractivity contribution >= 4 is 5.97 Å². The van der Waals surface area contributed by atoms with Gasteiger partial charge in [-0.25, -0.2) is 0 Å². The van der Waals surface area contributed by atoms with E-state index < -0.39 is 11.4 Å². The lowest BCUT2D eigenvalue weighted by Gasteiger charge is -2.57. The average molecular weight is 171 g/mol. The molecular weight excluding hydrogens is 158 g/mol. The molecule has 3 aliphatic rings. The number of methoxy groups -OCH3 is 1. The Kier molecular flexibility index (Phi) is 1.47. The normalized spacial score (nSPS) is 45.1. The molecule has 4 nitrogen and oxygen atoms in total. The van der Waals surface area contributed by atoms with E-state index in [1.807, 2.05) is 0 Å². The molecule has 0 radical (unpaired) electrons. The van der Waals surface area contributed by atoms with Crippen LogP contribution in [0.4, 0.5) is 0 Å². The number of carbonyl (C=O) groups is 1. The molecule has 2 aliphatic heterocycles. The van der Waals surface area contributed by atoms with Crippen molar-refractivity contribution < 1.29 is 14.6 Å². The molecule has 2 saturated heterocycles. The van der Waals surface area contributed by atoms with E-state index >= 15 is 0 Å². The maximum atomic E-state index is 10.9. The Hall–Kier alpha value is -0.610. The van der Waals surface area contributed by atoms with Gasteiger partial charge in [-0.05, 0) is 12.8 Å². The monoisotopic (exact) mass is 171 g/mol. The van der Waals surface area contributed by atoms with Gasteiger partial charge in [-0.3, -0.25) is 4.79 Å². The summed E-state index contributed by atoms with van der Waals surface area (Å²) in [5.74, 6) is -0.692. The van der Waals surface area contributed by atoms with Crippen molar-refractivity contribution in [2.75, 3.05) is 20.2 Å². The zero-order valence-corrected chi connectivity index (χ0v) is 7.09. The van der Waals surface area contributed by atoms with E-state index in [1.165, 1.54) is 0 Å². The Bertz CT molecular complexity index is 220. The first-order valence-corrected chi connectivity index (χ1v) is 4.12. The molecule has 2 heterocycles. The standard InChI is InChI=1S/C8H13NO3/c1-12-8-2-7(3-8,6(10)11)4-9-5-8/h9H,2-5H2,1H3,(H,10,11). The second kappa shape index (κ2) is 2.20. The summed E-state index contributed by atoms with van der Waals surface area (Å²) in [5.41, 5.74) is -0.717. The number of fused-ring (bicyclic) bond motifs is 2. The van der Waals surface area contributed by atoms with Crippen molar-refractivity contribution in [3.05, 3.63) is 0 Å². The molecule has 2 bridgehead atoms. The van der Waals surface area contributed by atoms with Crippen LogP contribution in [0.25, 0.3) is 0 Å². The number of carboxylic acids is 1. The quantitative estimate of drug-likeness (QED) is 0.606. The molecular formula is C8H13NO3. The van der Waals surface area contributed by atoms with Gasteiger partial charge in [0.15, 0.2) is 0 Å². The molecule has 3 fully saturated rings. The molecule has 0 aromatic carbocycles. The largest absolute Gasteiger partial charge is 0.481 e. The number of aliphatic carboxylic acids is 1. The minimum atomic E-state index is -0.692. The lowest BCUT2D eigenvalue weighted by atomic mass is 9.56. The van der Waals surface area contributed by atoms with Crippen LogP contribution in [0.2, 0.25) is 0 Å². The summed E-state index contributed by atoms with van der Waals surface area (Å²) in [4.78, 5) is 10.9. The van der Waals surface area contributed by atoms with Crippen LogP contribution in [-0.2, 0) is 9.53 Å². The predicted octanol–water partition coefficient (Wildman–Crippen LogP) is -0.160. The lowest BCUT2D eigenvalue weighted by Crippen LogP contribution is -2.69. The van der Waals surface area contributed by atoms with Crippen LogP contribution < -0.4 is 5.32 Å². The second-order valence-electron chi connectivity index (χ2n) is 3.93. The minimum Gasteiger partial charge on any atom is -0.481 e. The highest BCUT2D eigenvalue weighted by Gasteiger charge is 2.62. The van der Waals surface area contributed by atoms with E-state index in [1.54, 1.807) is 7.11 Å². The molecule has 0 spiro atoms. The Morgan fingerprint density at radius 2 is 2.17 bits per heavy atom. The molecule has 0 unspecified atom stereocenters. The molecule has 3 rings (SSSR count). The van der Waals surface area contributed by atoms with Gasteiger partial charge >= 0.3 is 5.97 Å². The average Bonchev–Trinajstić information content (AvgIpc) is 2.03. The van der Waals surface area contributed by atoms with E-state index in [4.69, 9.17) is 9.84 Å². The van der Waals surface area contributed by atoms with Crippen molar-refractivity contribution in [1.29, 1.82) is 0 Å². The summed E-state index contributed by atoms with van der Waals surface area (Å²) < 4.78 is 5.29. The van der Waals surface area contributed by atoms with E-state index in [9.17, 15) is 4.79 Å². The molecule has 68 valence electrons. The number of rotatable bonds is 2. The van der Waals surface area contributed by atoms with Crippen LogP contribution in [0, 0.1) is 5.41 Å². The van der Waals surface area contributed by atoms with Crippen molar-refractivity contribution in [2.45, 2.75) is 18.4 Å². The van der Waals surface area contributed by atoms with Gasteiger partial charge in [0, 0.05) is 20.2 Å². The Morgan fingerprint density at radius 3 is 2.67 bits per heavy atom. The second-order valence-corrected chi connectivity index (χ2v) is 3.93. The Labute approximate surface area is 70.9 Å². The summed E-state index contributed by atoms with van der Waals surface area (Å²) in [5, 5.41) is 12.0. The van der Waals surface area contributed by atoms with Gasteiger partial charge in [0.2, 0.25) is 0 Å². The zero-order valence-electron chi connectivity index (χ0n) is 7.09. The number of piperidine rings is 2. The molecule has 1 aliphatic carbocycles. The molecule has 12 heavy (non-hydrogen) atoms. The van der Waals surface area contributed by atoms with Gasteiger partial charge in [0.1, 0.15) is 0 Å². The fourth-order valence-electron chi connectivity index (χ4n) is 2.40. The van der Waals surface area contributed by atoms with Gasteiger partial charge < -0.3 is 15.2 Å². The first-order chi connectivity index (χ1) is 5.63. The van der Waals surface area contributed by atoms with Crippen molar-refractivity contribution in [1.82, 2.24) is 5.32 Å². The highest BCUT2D eigenvalue weighted by atomic mass is 16.5.